The molecule has 1 unspecified atom stereocenters. The van der Waals surface area contributed by atoms with Crippen LogP contribution < -0.4 is 10.1 Å². The summed E-state index contributed by atoms with van der Waals surface area (Å²) >= 11 is 0. The van der Waals surface area contributed by atoms with Crippen LogP contribution in [0.5, 0.6) is 5.75 Å². The molecule has 0 saturated heterocycles. The summed E-state index contributed by atoms with van der Waals surface area (Å²) in [5, 5.41) is 11.9. The number of carbonyl (C=O) groups excluding carboxylic acids is 1. The standard InChI is InChI=1S/C18H25NO4/c1-12(2)23-15-8-6-14(7-9-15)5-4-13(3)19-16(20)18(10-11-18)17(21)22/h6-9,12-13H,4-5,10-11H2,1-3H3,(H,19,20)(H,21,22). The minimum atomic E-state index is -1.16. The van der Waals surface area contributed by atoms with Crippen molar-refractivity contribution in [3.05, 3.63) is 29.8 Å². The first kappa shape index (κ1) is 17.3. The number of ether oxygens (including phenoxy) is 1. The van der Waals surface area contributed by atoms with Gasteiger partial charge in [0.1, 0.15) is 11.2 Å². The number of amides is 1. The van der Waals surface area contributed by atoms with Gasteiger partial charge in [-0.15, -0.1) is 0 Å². The third-order valence-electron chi connectivity index (χ3n) is 4.13. The lowest BCUT2D eigenvalue weighted by Crippen LogP contribution is -2.41. The number of carboxylic acids is 1. The van der Waals surface area contributed by atoms with E-state index >= 15 is 0 Å². The van der Waals surface area contributed by atoms with Crippen LogP contribution in [0.25, 0.3) is 0 Å². The summed E-state index contributed by atoms with van der Waals surface area (Å²) < 4.78 is 5.60. The highest BCUT2D eigenvalue weighted by molar-refractivity contribution is 6.04. The summed E-state index contributed by atoms with van der Waals surface area (Å²) in [5.74, 6) is -0.511. The maximum atomic E-state index is 12.0. The van der Waals surface area contributed by atoms with Crippen molar-refractivity contribution >= 4 is 11.9 Å². The van der Waals surface area contributed by atoms with E-state index in [4.69, 9.17) is 9.84 Å². The van der Waals surface area contributed by atoms with Gasteiger partial charge in [-0.05, 0) is 64.2 Å². The molecule has 0 heterocycles. The maximum Gasteiger partial charge on any atom is 0.319 e. The van der Waals surface area contributed by atoms with E-state index in [9.17, 15) is 9.59 Å². The average Bonchev–Trinajstić information content (AvgIpc) is 3.27. The molecule has 1 aliphatic carbocycles. The smallest absolute Gasteiger partial charge is 0.319 e. The van der Waals surface area contributed by atoms with Crippen molar-refractivity contribution in [2.24, 2.45) is 5.41 Å². The van der Waals surface area contributed by atoms with E-state index in [1.165, 1.54) is 5.56 Å². The predicted molar refractivity (Wildman–Crippen MR) is 87.4 cm³/mol. The Morgan fingerprint density at radius 1 is 1.22 bits per heavy atom. The van der Waals surface area contributed by atoms with E-state index in [-0.39, 0.29) is 18.1 Å². The molecule has 1 atom stereocenters. The zero-order valence-corrected chi connectivity index (χ0v) is 14.0. The number of carboxylic acid groups (broad SMARTS) is 1. The molecule has 0 bridgehead atoms. The van der Waals surface area contributed by atoms with Crippen LogP contribution in [-0.4, -0.2) is 29.1 Å². The molecule has 1 aromatic carbocycles. The summed E-state index contributed by atoms with van der Waals surface area (Å²) in [4.78, 5) is 23.2. The fraction of sp³-hybridized carbons (Fsp3) is 0.556. The van der Waals surface area contributed by atoms with Crippen molar-refractivity contribution in [3.63, 3.8) is 0 Å². The Balaban J connectivity index is 1.79. The molecule has 0 spiro atoms. The highest BCUT2D eigenvalue weighted by atomic mass is 16.5. The fourth-order valence-electron chi connectivity index (χ4n) is 2.49. The van der Waals surface area contributed by atoms with Crippen molar-refractivity contribution in [1.82, 2.24) is 5.32 Å². The van der Waals surface area contributed by atoms with E-state index in [0.29, 0.717) is 12.8 Å². The molecule has 1 amide bonds. The van der Waals surface area contributed by atoms with Gasteiger partial charge in [-0.3, -0.25) is 9.59 Å². The van der Waals surface area contributed by atoms with Crippen LogP contribution in [0.4, 0.5) is 0 Å². The summed E-state index contributed by atoms with van der Waals surface area (Å²) in [5.41, 5.74) is 0.00552. The van der Waals surface area contributed by atoms with Crippen LogP contribution >= 0.6 is 0 Å². The van der Waals surface area contributed by atoms with Crippen molar-refractivity contribution in [1.29, 1.82) is 0 Å². The van der Waals surface area contributed by atoms with Crippen LogP contribution in [0, 0.1) is 5.41 Å². The second-order valence-corrected chi connectivity index (χ2v) is 6.61. The highest BCUT2D eigenvalue weighted by Crippen LogP contribution is 2.46. The van der Waals surface area contributed by atoms with Gasteiger partial charge >= 0.3 is 5.97 Å². The quantitative estimate of drug-likeness (QED) is 0.723. The summed E-state index contributed by atoms with van der Waals surface area (Å²) in [6.07, 6.45) is 2.63. The van der Waals surface area contributed by atoms with Gasteiger partial charge in [-0.1, -0.05) is 12.1 Å². The third-order valence-corrected chi connectivity index (χ3v) is 4.13. The fourth-order valence-corrected chi connectivity index (χ4v) is 2.49. The van der Waals surface area contributed by atoms with Crippen LogP contribution in [0.15, 0.2) is 24.3 Å². The normalized spacial score (nSPS) is 16.7. The Labute approximate surface area is 137 Å². The molecule has 2 rings (SSSR count). The highest BCUT2D eigenvalue weighted by Gasteiger charge is 2.57. The third kappa shape index (κ3) is 4.47. The average molecular weight is 319 g/mol. The summed E-state index contributed by atoms with van der Waals surface area (Å²) in [7, 11) is 0. The minimum absolute atomic E-state index is 0.0501. The molecule has 5 nitrogen and oxygen atoms in total. The van der Waals surface area contributed by atoms with Crippen molar-refractivity contribution in [2.75, 3.05) is 0 Å². The Kier molecular flexibility index (Phi) is 5.29. The number of rotatable bonds is 8. The molecule has 23 heavy (non-hydrogen) atoms. The molecule has 1 aromatic rings. The molecule has 5 heteroatoms. The number of aryl methyl sites for hydroxylation is 1. The van der Waals surface area contributed by atoms with Crippen molar-refractivity contribution in [3.8, 4) is 5.75 Å². The van der Waals surface area contributed by atoms with Gasteiger partial charge in [0, 0.05) is 6.04 Å². The second-order valence-electron chi connectivity index (χ2n) is 6.61. The van der Waals surface area contributed by atoms with Gasteiger partial charge < -0.3 is 15.2 Å². The Morgan fingerprint density at radius 2 is 1.83 bits per heavy atom. The molecule has 126 valence electrons. The number of carbonyl (C=O) groups is 2. The van der Waals surface area contributed by atoms with Gasteiger partial charge in [0.25, 0.3) is 0 Å². The molecule has 2 N–H and O–H groups in total. The maximum absolute atomic E-state index is 12.0. The minimum Gasteiger partial charge on any atom is -0.491 e. The van der Waals surface area contributed by atoms with Gasteiger partial charge in [-0.2, -0.15) is 0 Å². The van der Waals surface area contributed by atoms with Crippen molar-refractivity contribution < 1.29 is 19.4 Å². The lowest BCUT2D eigenvalue weighted by Gasteiger charge is -2.17. The summed E-state index contributed by atoms with van der Waals surface area (Å²) in [6.45, 7) is 5.89. The second kappa shape index (κ2) is 7.02. The first-order valence-corrected chi connectivity index (χ1v) is 8.13. The number of hydrogen-bond donors (Lipinski definition) is 2. The molecule has 1 saturated carbocycles. The summed E-state index contributed by atoms with van der Waals surface area (Å²) in [6, 6.07) is 7.88. The van der Waals surface area contributed by atoms with Crippen LogP contribution in [-0.2, 0) is 16.0 Å². The molecular formula is C18H25NO4. The largest absolute Gasteiger partial charge is 0.491 e. The molecule has 0 aliphatic heterocycles. The first-order valence-electron chi connectivity index (χ1n) is 8.13. The van der Waals surface area contributed by atoms with Gasteiger partial charge in [-0.25, -0.2) is 0 Å². The van der Waals surface area contributed by atoms with Crippen LogP contribution in [0.2, 0.25) is 0 Å². The van der Waals surface area contributed by atoms with Gasteiger partial charge in [0.2, 0.25) is 5.91 Å². The monoisotopic (exact) mass is 319 g/mol. The zero-order chi connectivity index (χ0) is 17.0. The molecular weight excluding hydrogens is 294 g/mol. The number of nitrogens with one attached hydrogen (secondary N) is 1. The van der Waals surface area contributed by atoms with Crippen molar-refractivity contribution in [2.45, 2.75) is 58.6 Å². The predicted octanol–water partition coefficient (Wildman–Crippen LogP) is 2.78. The van der Waals surface area contributed by atoms with Gasteiger partial charge in [0.05, 0.1) is 6.10 Å². The Morgan fingerprint density at radius 3 is 2.30 bits per heavy atom. The SMILES string of the molecule is CC(CCc1ccc(OC(C)C)cc1)NC(=O)C1(C(=O)O)CC1. The molecule has 1 fully saturated rings. The topological polar surface area (TPSA) is 75.6 Å². The lowest BCUT2D eigenvalue weighted by atomic mass is 10.0. The molecule has 1 aliphatic rings. The van der Waals surface area contributed by atoms with E-state index in [2.05, 4.69) is 5.32 Å². The van der Waals surface area contributed by atoms with Crippen LogP contribution in [0.3, 0.4) is 0 Å². The lowest BCUT2D eigenvalue weighted by molar-refractivity contribution is -0.149. The number of benzene rings is 1. The number of aliphatic carboxylic acids is 1. The Bertz CT molecular complexity index is 561. The van der Waals surface area contributed by atoms with E-state index in [1.54, 1.807) is 0 Å². The Hall–Kier alpha value is -2.04. The zero-order valence-electron chi connectivity index (χ0n) is 14.0. The van der Waals surface area contributed by atoms with Crippen LogP contribution in [0.1, 0.15) is 45.6 Å². The molecule has 0 radical (unpaired) electrons. The number of hydrogen-bond acceptors (Lipinski definition) is 3. The van der Waals surface area contributed by atoms with E-state index in [1.807, 2.05) is 45.0 Å². The first-order chi connectivity index (χ1) is 10.8. The van der Waals surface area contributed by atoms with E-state index < -0.39 is 11.4 Å². The van der Waals surface area contributed by atoms with Gasteiger partial charge in [0.15, 0.2) is 0 Å². The van der Waals surface area contributed by atoms with E-state index in [0.717, 1.165) is 18.6 Å². The molecule has 0 aromatic heterocycles.